The van der Waals surface area contributed by atoms with Crippen LogP contribution >= 0.6 is 40.1 Å². The molecule has 102 valence electrons. The Morgan fingerprint density at radius 1 is 1.44 bits per heavy atom. The monoisotopic (exact) mass is 351 g/mol. The van der Waals surface area contributed by atoms with Crippen molar-refractivity contribution in [3.05, 3.63) is 28.7 Å². The largest absolute Gasteiger partial charge is 0.492 e. The highest BCUT2D eigenvalue weighted by molar-refractivity contribution is 9.10. The molecule has 1 aromatic carbocycles. The maximum atomic E-state index is 5.65. The van der Waals surface area contributed by atoms with E-state index in [0.29, 0.717) is 0 Å². The van der Waals surface area contributed by atoms with E-state index in [0.717, 1.165) is 35.2 Å². The van der Waals surface area contributed by atoms with Crippen LogP contribution in [0.25, 0.3) is 0 Å². The van der Waals surface area contributed by atoms with Crippen molar-refractivity contribution in [1.82, 2.24) is 5.32 Å². The number of rotatable bonds is 6. The molecule has 0 amide bonds. The fourth-order valence-corrected chi connectivity index (χ4v) is 3.48. The van der Waals surface area contributed by atoms with Crippen molar-refractivity contribution in [2.45, 2.75) is 18.1 Å². The molecule has 1 aliphatic rings. The highest BCUT2D eigenvalue weighted by atomic mass is 79.9. The van der Waals surface area contributed by atoms with Gasteiger partial charge in [0.25, 0.3) is 0 Å². The summed E-state index contributed by atoms with van der Waals surface area (Å²) in [7, 11) is 0. The molecule has 18 heavy (non-hydrogen) atoms. The predicted molar refractivity (Wildman–Crippen MR) is 85.2 cm³/mol. The van der Waals surface area contributed by atoms with E-state index in [1.807, 2.05) is 24.3 Å². The summed E-state index contributed by atoms with van der Waals surface area (Å²) in [5, 5.41) is 4.27. The SMILES string of the molecule is Brc1cccc(OCCNCC2CCCS2)c1.Cl. The Morgan fingerprint density at radius 2 is 2.33 bits per heavy atom. The van der Waals surface area contributed by atoms with Gasteiger partial charge >= 0.3 is 0 Å². The quantitative estimate of drug-likeness (QED) is 0.788. The maximum Gasteiger partial charge on any atom is 0.120 e. The Morgan fingerprint density at radius 3 is 3.06 bits per heavy atom. The summed E-state index contributed by atoms with van der Waals surface area (Å²) in [6, 6.07) is 7.97. The van der Waals surface area contributed by atoms with Gasteiger partial charge in [-0.2, -0.15) is 11.8 Å². The van der Waals surface area contributed by atoms with Gasteiger partial charge in [0, 0.05) is 22.8 Å². The molecular formula is C13H19BrClNOS. The van der Waals surface area contributed by atoms with Gasteiger partial charge in [-0.1, -0.05) is 22.0 Å². The lowest BCUT2D eigenvalue weighted by atomic mass is 10.2. The number of halogens is 2. The van der Waals surface area contributed by atoms with Crippen LogP contribution < -0.4 is 10.1 Å². The van der Waals surface area contributed by atoms with Crippen LogP contribution in [0.3, 0.4) is 0 Å². The average Bonchev–Trinajstić information content (AvgIpc) is 2.82. The predicted octanol–water partition coefficient (Wildman–Crippen LogP) is 3.73. The van der Waals surface area contributed by atoms with Crippen molar-refractivity contribution < 1.29 is 4.74 Å². The van der Waals surface area contributed by atoms with Gasteiger partial charge in [-0.15, -0.1) is 12.4 Å². The first kappa shape index (κ1) is 16.2. The Kier molecular flexibility index (Phi) is 8.15. The highest BCUT2D eigenvalue weighted by Gasteiger charge is 2.14. The third-order valence-electron chi connectivity index (χ3n) is 2.74. The lowest BCUT2D eigenvalue weighted by Gasteiger charge is -2.11. The number of benzene rings is 1. The van der Waals surface area contributed by atoms with Crippen molar-refractivity contribution in [1.29, 1.82) is 0 Å². The molecule has 0 saturated carbocycles. The molecule has 1 unspecified atom stereocenters. The van der Waals surface area contributed by atoms with Crippen molar-refractivity contribution in [2.75, 3.05) is 25.4 Å². The molecule has 1 N–H and O–H groups in total. The van der Waals surface area contributed by atoms with Gasteiger partial charge < -0.3 is 10.1 Å². The number of ether oxygens (including phenoxy) is 1. The zero-order valence-electron chi connectivity index (χ0n) is 10.2. The molecule has 1 aliphatic heterocycles. The highest BCUT2D eigenvalue weighted by Crippen LogP contribution is 2.25. The molecular weight excluding hydrogens is 334 g/mol. The van der Waals surface area contributed by atoms with Crippen LogP contribution in [0.4, 0.5) is 0 Å². The molecule has 0 bridgehead atoms. The van der Waals surface area contributed by atoms with E-state index in [4.69, 9.17) is 4.74 Å². The lowest BCUT2D eigenvalue weighted by molar-refractivity contribution is 0.314. The van der Waals surface area contributed by atoms with Crippen LogP contribution in [0.5, 0.6) is 5.75 Å². The molecule has 1 heterocycles. The first-order valence-corrected chi connectivity index (χ1v) is 7.89. The second-order valence-corrected chi connectivity index (χ2v) is 6.47. The first-order valence-electron chi connectivity index (χ1n) is 6.05. The number of nitrogens with one attached hydrogen (secondary N) is 1. The normalized spacial score (nSPS) is 18.4. The summed E-state index contributed by atoms with van der Waals surface area (Å²) in [6.07, 6.45) is 2.75. The first-order chi connectivity index (χ1) is 8.34. The van der Waals surface area contributed by atoms with E-state index in [2.05, 4.69) is 33.0 Å². The summed E-state index contributed by atoms with van der Waals surface area (Å²) in [5.41, 5.74) is 0. The second kappa shape index (κ2) is 9.08. The molecule has 0 aromatic heterocycles. The van der Waals surface area contributed by atoms with Crippen molar-refractivity contribution in [3.63, 3.8) is 0 Å². The van der Waals surface area contributed by atoms with Gasteiger partial charge in [0.2, 0.25) is 0 Å². The van der Waals surface area contributed by atoms with Gasteiger partial charge in [-0.3, -0.25) is 0 Å². The summed E-state index contributed by atoms with van der Waals surface area (Å²) in [6.45, 7) is 2.77. The summed E-state index contributed by atoms with van der Waals surface area (Å²) in [5.74, 6) is 2.26. The summed E-state index contributed by atoms with van der Waals surface area (Å²) < 4.78 is 6.71. The van der Waals surface area contributed by atoms with Gasteiger partial charge in [0.1, 0.15) is 12.4 Å². The smallest absolute Gasteiger partial charge is 0.120 e. The standard InChI is InChI=1S/C13H18BrNOS.ClH/c14-11-3-1-4-12(9-11)16-7-6-15-10-13-5-2-8-17-13;/h1,3-4,9,13,15H,2,5-8,10H2;1H. The zero-order valence-corrected chi connectivity index (χ0v) is 13.5. The van der Waals surface area contributed by atoms with Crippen molar-refractivity contribution in [3.8, 4) is 5.75 Å². The van der Waals surface area contributed by atoms with Gasteiger partial charge in [-0.25, -0.2) is 0 Å². The Bertz CT molecular complexity index is 348. The van der Waals surface area contributed by atoms with E-state index >= 15 is 0 Å². The maximum absolute atomic E-state index is 5.65. The van der Waals surface area contributed by atoms with Gasteiger partial charge in [-0.05, 0) is 36.8 Å². The molecule has 0 spiro atoms. The molecule has 5 heteroatoms. The fraction of sp³-hybridized carbons (Fsp3) is 0.538. The minimum Gasteiger partial charge on any atom is -0.492 e. The average molecular weight is 353 g/mol. The molecule has 2 nitrogen and oxygen atoms in total. The number of thioether (sulfide) groups is 1. The Hall–Kier alpha value is 0.1000. The molecule has 0 radical (unpaired) electrons. The topological polar surface area (TPSA) is 21.3 Å². The van der Waals surface area contributed by atoms with Crippen LogP contribution in [0.2, 0.25) is 0 Å². The van der Waals surface area contributed by atoms with Gasteiger partial charge in [0.05, 0.1) is 0 Å². The second-order valence-electron chi connectivity index (χ2n) is 4.14. The molecule has 1 aromatic rings. The molecule has 1 atom stereocenters. The van der Waals surface area contributed by atoms with E-state index in [-0.39, 0.29) is 12.4 Å². The zero-order chi connectivity index (χ0) is 11.9. The van der Waals surface area contributed by atoms with Crippen LogP contribution in [0, 0.1) is 0 Å². The number of hydrogen-bond acceptors (Lipinski definition) is 3. The van der Waals surface area contributed by atoms with E-state index < -0.39 is 0 Å². The number of hydrogen-bond donors (Lipinski definition) is 1. The minimum absolute atomic E-state index is 0. The molecule has 0 aliphatic carbocycles. The van der Waals surface area contributed by atoms with Crippen molar-refractivity contribution in [2.24, 2.45) is 0 Å². The lowest BCUT2D eigenvalue weighted by Crippen LogP contribution is -2.27. The van der Waals surface area contributed by atoms with E-state index in [1.165, 1.54) is 18.6 Å². The fourth-order valence-electron chi connectivity index (χ4n) is 1.87. The van der Waals surface area contributed by atoms with Crippen molar-refractivity contribution >= 4 is 40.1 Å². The molecule has 2 rings (SSSR count). The minimum atomic E-state index is 0. The Balaban J connectivity index is 0.00000162. The van der Waals surface area contributed by atoms with Crippen LogP contribution in [-0.4, -0.2) is 30.7 Å². The molecule has 1 saturated heterocycles. The van der Waals surface area contributed by atoms with E-state index in [9.17, 15) is 0 Å². The van der Waals surface area contributed by atoms with Gasteiger partial charge in [0.15, 0.2) is 0 Å². The Labute approximate surface area is 128 Å². The third kappa shape index (κ3) is 5.83. The summed E-state index contributed by atoms with van der Waals surface area (Å²) >= 11 is 5.52. The molecule has 1 fully saturated rings. The van der Waals surface area contributed by atoms with Crippen LogP contribution in [0.1, 0.15) is 12.8 Å². The van der Waals surface area contributed by atoms with Crippen LogP contribution in [0.15, 0.2) is 28.7 Å². The third-order valence-corrected chi connectivity index (χ3v) is 4.63. The summed E-state index contributed by atoms with van der Waals surface area (Å²) in [4.78, 5) is 0. The van der Waals surface area contributed by atoms with Crippen LogP contribution in [-0.2, 0) is 0 Å². The van der Waals surface area contributed by atoms with E-state index in [1.54, 1.807) is 0 Å².